The minimum atomic E-state index is 0.226. The van der Waals surface area contributed by atoms with E-state index in [4.69, 9.17) is 0 Å². The number of hydrogen-bond donors (Lipinski definition) is 1. The lowest BCUT2D eigenvalue weighted by molar-refractivity contribution is 0.475. The standard InChI is InChI=1S/C18H12N4O/c23-13-7-5-12(6-8-13)11-21-22-16-14-3-1-9-19-17(14)18-15(16)4-2-10-20-18/h1-11,23H/b21-11+. The Kier molecular flexibility index (Phi) is 3.16. The van der Waals surface area contributed by atoms with Crippen LogP contribution >= 0.6 is 0 Å². The van der Waals surface area contributed by atoms with Crippen LogP contribution in [0.15, 0.2) is 71.1 Å². The number of phenols is 1. The second kappa shape index (κ2) is 5.46. The highest BCUT2D eigenvalue weighted by atomic mass is 16.3. The fourth-order valence-electron chi connectivity index (χ4n) is 2.54. The van der Waals surface area contributed by atoms with Crippen molar-refractivity contribution >= 4 is 11.9 Å². The average molecular weight is 300 g/mol. The third-order valence-corrected chi connectivity index (χ3v) is 3.61. The van der Waals surface area contributed by atoms with Crippen molar-refractivity contribution in [2.45, 2.75) is 0 Å². The summed E-state index contributed by atoms with van der Waals surface area (Å²) in [4.78, 5) is 8.81. The van der Waals surface area contributed by atoms with Gasteiger partial charge in [0.25, 0.3) is 0 Å². The number of rotatable bonds is 2. The summed E-state index contributed by atoms with van der Waals surface area (Å²) < 4.78 is 0. The SMILES string of the molecule is Oc1ccc(/C=N/N=C2c3cccnc3-c3ncccc32)cc1. The molecular weight excluding hydrogens is 288 g/mol. The van der Waals surface area contributed by atoms with E-state index in [-0.39, 0.29) is 5.75 Å². The fourth-order valence-corrected chi connectivity index (χ4v) is 2.54. The predicted molar refractivity (Wildman–Crippen MR) is 88.8 cm³/mol. The zero-order valence-electron chi connectivity index (χ0n) is 12.1. The van der Waals surface area contributed by atoms with Gasteiger partial charge in [0.05, 0.1) is 17.6 Å². The molecule has 2 aromatic heterocycles. The van der Waals surface area contributed by atoms with Crippen LogP contribution in [0.2, 0.25) is 0 Å². The Morgan fingerprint density at radius 2 is 1.43 bits per heavy atom. The molecule has 4 rings (SSSR count). The van der Waals surface area contributed by atoms with Crippen LogP contribution in [0.3, 0.4) is 0 Å². The van der Waals surface area contributed by atoms with E-state index in [9.17, 15) is 5.11 Å². The lowest BCUT2D eigenvalue weighted by Crippen LogP contribution is -1.97. The van der Waals surface area contributed by atoms with E-state index in [2.05, 4.69) is 20.2 Å². The molecule has 0 amide bonds. The molecular formula is C18H12N4O. The van der Waals surface area contributed by atoms with E-state index in [0.717, 1.165) is 33.8 Å². The molecule has 0 spiro atoms. The number of fused-ring (bicyclic) bond motifs is 3. The van der Waals surface area contributed by atoms with Gasteiger partial charge in [-0.1, -0.05) is 0 Å². The molecule has 1 N–H and O–H groups in total. The highest BCUT2D eigenvalue weighted by Crippen LogP contribution is 2.33. The van der Waals surface area contributed by atoms with Gasteiger partial charge in [-0.3, -0.25) is 9.97 Å². The van der Waals surface area contributed by atoms with Crippen LogP contribution in [0.25, 0.3) is 11.4 Å². The summed E-state index contributed by atoms with van der Waals surface area (Å²) in [5.41, 5.74) is 5.17. The number of hydrogen-bond acceptors (Lipinski definition) is 5. The number of aromatic nitrogens is 2. The van der Waals surface area contributed by atoms with Crippen molar-refractivity contribution in [2.24, 2.45) is 10.2 Å². The largest absolute Gasteiger partial charge is 0.508 e. The highest BCUT2D eigenvalue weighted by Gasteiger charge is 2.26. The maximum absolute atomic E-state index is 9.29. The summed E-state index contributed by atoms with van der Waals surface area (Å²) in [5.74, 6) is 0.226. The van der Waals surface area contributed by atoms with Crippen molar-refractivity contribution < 1.29 is 5.11 Å². The van der Waals surface area contributed by atoms with Gasteiger partial charge in [0.2, 0.25) is 0 Å². The molecule has 0 unspecified atom stereocenters. The molecule has 110 valence electrons. The van der Waals surface area contributed by atoms with Crippen molar-refractivity contribution in [3.05, 3.63) is 77.6 Å². The zero-order valence-corrected chi connectivity index (χ0v) is 12.1. The Morgan fingerprint density at radius 1 is 0.826 bits per heavy atom. The van der Waals surface area contributed by atoms with E-state index in [1.54, 1.807) is 42.9 Å². The highest BCUT2D eigenvalue weighted by molar-refractivity contribution is 6.23. The third-order valence-electron chi connectivity index (χ3n) is 3.61. The van der Waals surface area contributed by atoms with Crippen molar-refractivity contribution in [3.8, 4) is 17.1 Å². The average Bonchev–Trinajstić information content (AvgIpc) is 2.91. The molecule has 0 fully saturated rings. The molecule has 5 nitrogen and oxygen atoms in total. The molecule has 5 heteroatoms. The van der Waals surface area contributed by atoms with Crippen LogP contribution in [0.5, 0.6) is 5.75 Å². The summed E-state index contributed by atoms with van der Waals surface area (Å²) in [6, 6.07) is 14.5. The van der Waals surface area contributed by atoms with Crippen LogP contribution in [-0.2, 0) is 0 Å². The first-order chi connectivity index (χ1) is 11.3. The number of nitrogens with zero attached hydrogens (tertiary/aromatic N) is 4. The van der Waals surface area contributed by atoms with Crippen molar-refractivity contribution in [3.63, 3.8) is 0 Å². The minimum Gasteiger partial charge on any atom is -0.508 e. The normalized spacial score (nSPS) is 12.3. The van der Waals surface area contributed by atoms with Crippen molar-refractivity contribution in [1.82, 2.24) is 9.97 Å². The first-order valence-electron chi connectivity index (χ1n) is 7.14. The van der Waals surface area contributed by atoms with Crippen molar-refractivity contribution in [1.29, 1.82) is 0 Å². The fraction of sp³-hybridized carbons (Fsp3) is 0. The van der Waals surface area contributed by atoms with Gasteiger partial charge in [-0.25, -0.2) is 0 Å². The smallest absolute Gasteiger partial charge is 0.115 e. The number of phenolic OH excluding ortho intramolecular Hbond substituents is 1. The number of benzene rings is 1. The van der Waals surface area contributed by atoms with Crippen LogP contribution in [0, 0.1) is 0 Å². The maximum atomic E-state index is 9.29. The predicted octanol–water partition coefficient (Wildman–Crippen LogP) is 3.03. The summed E-state index contributed by atoms with van der Waals surface area (Å²) in [7, 11) is 0. The minimum absolute atomic E-state index is 0.226. The Bertz CT molecular complexity index is 882. The lowest BCUT2D eigenvalue weighted by atomic mass is 10.1. The molecule has 0 bridgehead atoms. The number of aromatic hydroxyl groups is 1. The Balaban J connectivity index is 1.75. The molecule has 1 aromatic carbocycles. The van der Waals surface area contributed by atoms with Crippen LogP contribution in [-0.4, -0.2) is 27.0 Å². The van der Waals surface area contributed by atoms with E-state index in [0.29, 0.717) is 0 Å². The van der Waals surface area contributed by atoms with Gasteiger partial charge >= 0.3 is 0 Å². The first-order valence-corrected chi connectivity index (χ1v) is 7.14. The molecule has 0 radical (unpaired) electrons. The molecule has 1 aliphatic carbocycles. The van der Waals surface area contributed by atoms with Crippen LogP contribution < -0.4 is 0 Å². The Morgan fingerprint density at radius 3 is 2.04 bits per heavy atom. The summed E-state index contributed by atoms with van der Waals surface area (Å²) in [5, 5.41) is 17.8. The second-order valence-corrected chi connectivity index (χ2v) is 5.08. The zero-order chi connectivity index (χ0) is 15.6. The quantitative estimate of drug-likeness (QED) is 0.457. The van der Waals surface area contributed by atoms with E-state index in [1.165, 1.54) is 0 Å². The summed E-state index contributed by atoms with van der Waals surface area (Å²) in [6.45, 7) is 0. The molecule has 1 aliphatic rings. The molecule has 2 heterocycles. The summed E-state index contributed by atoms with van der Waals surface area (Å²) in [6.07, 6.45) is 5.15. The summed E-state index contributed by atoms with van der Waals surface area (Å²) >= 11 is 0. The van der Waals surface area contributed by atoms with Crippen molar-refractivity contribution in [2.75, 3.05) is 0 Å². The van der Waals surface area contributed by atoms with Gasteiger partial charge in [0, 0.05) is 23.5 Å². The van der Waals surface area contributed by atoms with Gasteiger partial charge in [-0.2, -0.15) is 5.10 Å². The topological polar surface area (TPSA) is 70.7 Å². The third kappa shape index (κ3) is 2.38. The van der Waals surface area contributed by atoms with E-state index < -0.39 is 0 Å². The second-order valence-electron chi connectivity index (χ2n) is 5.08. The molecule has 23 heavy (non-hydrogen) atoms. The van der Waals surface area contributed by atoms with E-state index >= 15 is 0 Å². The van der Waals surface area contributed by atoms with Gasteiger partial charge in [-0.05, 0) is 54.1 Å². The van der Waals surface area contributed by atoms with Gasteiger partial charge in [0.1, 0.15) is 11.5 Å². The molecule has 0 saturated carbocycles. The van der Waals surface area contributed by atoms with Gasteiger partial charge in [-0.15, -0.1) is 5.10 Å². The van der Waals surface area contributed by atoms with Crippen LogP contribution in [0.4, 0.5) is 0 Å². The number of pyridine rings is 2. The van der Waals surface area contributed by atoms with Crippen LogP contribution in [0.1, 0.15) is 16.7 Å². The maximum Gasteiger partial charge on any atom is 0.115 e. The molecule has 0 saturated heterocycles. The Labute approximate surface area is 132 Å². The van der Waals surface area contributed by atoms with E-state index in [1.807, 2.05) is 24.3 Å². The molecule has 3 aromatic rings. The van der Waals surface area contributed by atoms with Gasteiger partial charge < -0.3 is 5.11 Å². The Hall–Kier alpha value is -3.34. The molecule has 0 aliphatic heterocycles. The first kappa shape index (κ1) is 13.3. The van der Waals surface area contributed by atoms with Gasteiger partial charge in [0.15, 0.2) is 0 Å². The molecule has 0 atom stereocenters. The lowest BCUT2D eigenvalue weighted by Gasteiger charge is -1.97. The monoisotopic (exact) mass is 300 g/mol.